The second-order valence-corrected chi connectivity index (χ2v) is 2.96. The molecule has 0 amide bonds. The van der Waals surface area contributed by atoms with Gasteiger partial charge in [0.1, 0.15) is 0 Å². The van der Waals surface area contributed by atoms with E-state index in [0.717, 1.165) is 6.20 Å². The van der Waals surface area contributed by atoms with E-state index in [2.05, 4.69) is 17.5 Å². The smallest absolute Gasteiger partial charge is 0.356 e. The predicted octanol–water partition coefficient (Wildman–Crippen LogP) is 0.363. The van der Waals surface area contributed by atoms with Crippen molar-refractivity contribution < 1.29 is 9.46 Å². The van der Waals surface area contributed by atoms with Gasteiger partial charge in [-0.3, -0.25) is 0 Å². The molecular formula is C8H7N3O2S. The Balaban J connectivity index is 2.87. The normalized spacial score (nSPS) is 10.4. The number of thiol groups is 1. The highest BCUT2D eigenvalue weighted by Crippen LogP contribution is 2.07. The fourth-order valence-electron chi connectivity index (χ4n) is 1.26. The molecule has 6 heteroatoms. The maximum Gasteiger partial charge on any atom is 0.356 e. The van der Waals surface area contributed by atoms with Gasteiger partial charge in [-0.25, -0.2) is 9.45 Å². The van der Waals surface area contributed by atoms with Crippen LogP contribution in [0, 0.1) is 10.4 Å². The molecule has 1 heterocycles. The Morgan fingerprint density at radius 1 is 1.14 bits per heavy atom. The summed E-state index contributed by atoms with van der Waals surface area (Å²) in [5.74, 6) is 0.0991. The molecule has 0 radical (unpaired) electrons. The SMILES string of the molecule is [O-][n+]1cc(NS)[n+]([O-])c2ccccc21. The zero-order valence-electron chi connectivity index (χ0n) is 7.04. The van der Waals surface area contributed by atoms with E-state index in [1.54, 1.807) is 24.3 Å². The predicted molar refractivity (Wildman–Crippen MR) is 54.5 cm³/mol. The number of fused-ring (bicyclic) bond motifs is 1. The van der Waals surface area contributed by atoms with Gasteiger partial charge in [-0.15, -0.1) is 0 Å². The van der Waals surface area contributed by atoms with Crippen molar-refractivity contribution in [3.8, 4) is 0 Å². The van der Waals surface area contributed by atoms with Crippen LogP contribution >= 0.6 is 12.8 Å². The Kier molecular flexibility index (Phi) is 2.05. The Morgan fingerprint density at radius 3 is 2.43 bits per heavy atom. The van der Waals surface area contributed by atoms with Gasteiger partial charge in [0, 0.05) is 18.9 Å². The first kappa shape index (κ1) is 8.89. The van der Waals surface area contributed by atoms with Crippen molar-refractivity contribution in [3.63, 3.8) is 0 Å². The molecule has 0 bridgehead atoms. The van der Waals surface area contributed by atoms with Crippen LogP contribution in [0.25, 0.3) is 11.0 Å². The molecule has 5 nitrogen and oxygen atoms in total. The lowest BCUT2D eigenvalue weighted by atomic mass is 10.3. The van der Waals surface area contributed by atoms with Crippen LogP contribution in [0.1, 0.15) is 0 Å². The Bertz CT molecular complexity index is 489. The minimum Gasteiger partial charge on any atom is -0.710 e. The van der Waals surface area contributed by atoms with Crippen LogP contribution in [-0.4, -0.2) is 0 Å². The summed E-state index contributed by atoms with van der Waals surface area (Å²) in [6.45, 7) is 0. The number of hydrogen-bond acceptors (Lipinski definition) is 4. The summed E-state index contributed by atoms with van der Waals surface area (Å²) >= 11 is 3.73. The van der Waals surface area contributed by atoms with Gasteiger partial charge < -0.3 is 10.4 Å². The molecule has 72 valence electrons. The molecule has 1 aromatic heterocycles. The van der Waals surface area contributed by atoms with E-state index in [4.69, 9.17) is 0 Å². The zero-order chi connectivity index (χ0) is 10.1. The fraction of sp³-hybridized carbons (Fsp3) is 0. The topological polar surface area (TPSA) is 65.9 Å². The maximum atomic E-state index is 11.6. The molecule has 14 heavy (non-hydrogen) atoms. The second kappa shape index (κ2) is 3.22. The highest BCUT2D eigenvalue weighted by atomic mass is 32.1. The van der Waals surface area contributed by atoms with Crippen molar-refractivity contribution in [1.29, 1.82) is 0 Å². The van der Waals surface area contributed by atoms with Gasteiger partial charge in [0.25, 0.3) is 11.7 Å². The van der Waals surface area contributed by atoms with E-state index in [-0.39, 0.29) is 5.82 Å². The van der Waals surface area contributed by atoms with Gasteiger partial charge in [0.05, 0.1) is 0 Å². The Labute approximate surface area is 85.3 Å². The van der Waals surface area contributed by atoms with Crippen LogP contribution < -0.4 is 14.2 Å². The number of benzene rings is 1. The van der Waals surface area contributed by atoms with Crippen LogP contribution in [0.15, 0.2) is 30.5 Å². The van der Waals surface area contributed by atoms with Crippen LogP contribution in [0.5, 0.6) is 0 Å². The summed E-state index contributed by atoms with van der Waals surface area (Å²) in [6.07, 6.45) is 1.14. The third kappa shape index (κ3) is 1.20. The Hall–Kier alpha value is -1.69. The largest absolute Gasteiger partial charge is 0.710 e. The minimum absolute atomic E-state index is 0.0991. The van der Waals surface area contributed by atoms with Crippen LogP contribution in [0.3, 0.4) is 0 Å². The molecule has 0 atom stereocenters. The number of para-hydroxylation sites is 2. The van der Waals surface area contributed by atoms with Crippen molar-refractivity contribution in [2.45, 2.75) is 0 Å². The minimum atomic E-state index is 0.0991. The van der Waals surface area contributed by atoms with Gasteiger partial charge in [-0.1, -0.05) is 12.1 Å². The Morgan fingerprint density at radius 2 is 1.79 bits per heavy atom. The van der Waals surface area contributed by atoms with Gasteiger partial charge in [0.15, 0.2) is 0 Å². The lowest BCUT2D eigenvalue weighted by Crippen LogP contribution is -2.39. The van der Waals surface area contributed by atoms with Crippen molar-refractivity contribution in [2.24, 2.45) is 0 Å². The average Bonchev–Trinajstić information content (AvgIpc) is 2.23. The van der Waals surface area contributed by atoms with Crippen LogP contribution in [0.2, 0.25) is 0 Å². The first-order valence-corrected chi connectivity index (χ1v) is 4.33. The van der Waals surface area contributed by atoms with E-state index >= 15 is 0 Å². The molecule has 1 aromatic carbocycles. The van der Waals surface area contributed by atoms with E-state index < -0.39 is 0 Å². The molecule has 0 aliphatic carbocycles. The van der Waals surface area contributed by atoms with Crippen molar-refractivity contribution in [3.05, 3.63) is 40.9 Å². The highest BCUT2D eigenvalue weighted by Gasteiger charge is 2.14. The molecule has 2 rings (SSSR count). The van der Waals surface area contributed by atoms with Crippen molar-refractivity contribution in [1.82, 2.24) is 0 Å². The van der Waals surface area contributed by atoms with Gasteiger partial charge in [0.2, 0.25) is 5.52 Å². The molecule has 0 saturated carbocycles. The van der Waals surface area contributed by atoms with Crippen LogP contribution in [0.4, 0.5) is 5.82 Å². The molecule has 2 aromatic rings. The number of nitrogens with one attached hydrogen (secondary N) is 1. The molecule has 0 aliphatic rings. The summed E-state index contributed by atoms with van der Waals surface area (Å²) in [7, 11) is 0. The number of hydrogen-bond donors (Lipinski definition) is 2. The molecule has 0 aliphatic heterocycles. The van der Waals surface area contributed by atoms with E-state index in [1.807, 2.05) is 0 Å². The molecule has 0 fully saturated rings. The number of anilines is 1. The number of nitrogens with zero attached hydrogens (tertiary/aromatic N) is 2. The maximum absolute atomic E-state index is 11.6. The third-order valence-electron chi connectivity index (χ3n) is 1.91. The second-order valence-electron chi connectivity index (χ2n) is 2.74. The van der Waals surface area contributed by atoms with Gasteiger partial charge >= 0.3 is 5.82 Å². The number of rotatable bonds is 1. The monoisotopic (exact) mass is 209 g/mol. The summed E-state index contributed by atoms with van der Waals surface area (Å²) in [5.41, 5.74) is 0.636. The highest BCUT2D eigenvalue weighted by molar-refractivity contribution is 7.81. The molecule has 0 unspecified atom stereocenters. The molecule has 1 N–H and O–H groups in total. The summed E-state index contributed by atoms with van der Waals surface area (Å²) in [6, 6.07) is 6.55. The van der Waals surface area contributed by atoms with E-state index in [9.17, 15) is 10.4 Å². The first-order valence-electron chi connectivity index (χ1n) is 3.88. The lowest BCUT2D eigenvalue weighted by Gasteiger charge is -2.09. The van der Waals surface area contributed by atoms with Crippen molar-refractivity contribution >= 4 is 29.7 Å². The summed E-state index contributed by atoms with van der Waals surface area (Å²) in [4.78, 5) is 0. The average molecular weight is 209 g/mol. The van der Waals surface area contributed by atoms with Gasteiger partial charge in [-0.05, 0) is 6.07 Å². The van der Waals surface area contributed by atoms with E-state index in [1.165, 1.54) is 0 Å². The molecule has 0 spiro atoms. The lowest BCUT2D eigenvalue weighted by molar-refractivity contribution is -0.618. The first-order chi connectivity index (χ1) is 6.74. The third-order valence-corrected chi connectivity index (χ3v) is 2.14. The molecular weight excluding hydrogens is 202 g/mol. The van der Waals surface area contributed by atoms with E-state index in [0.29, 0.717) is 20.5 Å². The van der Waals surface area contributed by atoms with Crippen molar-refractivity contribution in [2.75, 3.05) is 4.72 Å². The summed E-state index contributed by atoms with van der Waals surface area (Å²) < 4.78 is 3.60. The quantitative estimate of drug-likeness (QED) is 0.405. The molecule has 0 saturated heterocycles. The standard InChI is InChI=1S/C8H7N3O2S/c12-10-5-8(9-14)11(13)7-4-2-1-3-6(7)10/h1-5,9,14H. The fourth-order valence-corrected chi connectivity index (χ4v) is 1.41. The van der Waals surface area contributed by atoms with Gasteiger partial charge in [-0.2, -0.15) is 4.73 Å². The number of aromatic nitrogens is 2. The van der Waals surface area contributed by atoms with Crippen LogP contribution in [-0.2, 0) is 0 Å². The summed E-state index contributed by atoms with van der Waals surface area (Å²) in [5, 5.41) is 23.0. The zero-order valence-corrected chi connectivity index (χ0v) is 7.94.